The molecule has 1 N–H and O–H groups in total. The molecule has 0 saturated heterocycles. The number of halogens is 4. The minimum atomic E-state index is -0.484. The van der Waals surface area contributed by atoms with Gasteiger partial charge in [-0.05, 0) is 46.6 Å². The average Bonchev–Trinajstić information content (AvgIpc) is 2.41. The van der Waals surface area contributed by atoms with Gasteiger partial charge in [0, 0.05) is 22.6 Å². The number of hydrogen-bond acceptors (Lipinski definition) is 2. The van der Waals surface area contributed by atoms with Crippen LogP contribution in [0.25, 0.3) is 0 Å². The number of anilines is 1. The summed E-state index contributed by atoms with van der Waals surface area (Å²) in [5.41, 5.74) is 1.22. The van der Waals surface area contributed by atoms with E-state index in [9.17, 15) is 8.78 Å². The first-order chi connectivity index (χ1) is 9.92. The van der Waals surface area contributed by atoms with Gasteiger partial charge >= 0.3 is 0 Å². The zero-order valence-corrected chi connectivity index (χ0v) is 14.6. The third kappa shape index (κ3) is 3.74. The minimum Gasteiger partial charge on any atom is -0.495 e. The van der Waals surface area contributed by atoms with Crippen molar-refractivity contribution in [2.75, 3.05) is 12.4 Å². The van der Waals surface area contributed by atoms with Crippen molar-refractivity contribution in [2.45, 2.75) is 13.5 Å². The Morgan fingerprint density at radius 1 is 1.10 bits per heavy atom. The standard InChI is InChI=1S/C15H13Br2F2NO/c1-8-3-13(19)14(6-12(8)18)20-7-9-4-10(16)5-11(17)15(9)21-2/h3-6,20H,7H2,1-2H3. The first-order valence-electron chi connectivity index (χ1n) is 6.13. The highest BCUT2D eigenvalue weighted by Crippen LogP contribution is 2.33. The van der Waals surface area contributed by atoms with Gasteiger partial charge in [-0.3, -0.25) is 0 Å². The molecule has 2 aromatic rings. The third-order valence-corrected chi connectivity index (χ3v) is 4.05. The molecule has 6 heteroatoms. The lowest BCUT2D eigenvalue weighted by atomic mass is 10.1. The summed E-state index contributed by atoms with van der Waals surface area (Å²) < 4.78 is 34.3. The summed E-state index contributed by atoms with van der Waals surface area (Å²) >= 11 is 6.79. The van der Waals surface area contributed by atoms with Gasteiger partial charge in [-0.2, -0.15) is 0 Å². The number of benzene rings is 2. The van der Waals surface area contributed by atoms with Gasteiger partial charge in [0.05, 0.1) is 17.3 Å². The molecular formula is C15H13Br2F2NO. The van der Waals surface area contributed by atoms with Crippen molar-refractivity contribution < 1.29 is 13.5 Å². The average molecular weight is 421 g/mol. The molecule has 0 aliphatic heterocycles. The first kappa shape index (κ1) is 16.2. The Hall–Kier alpha value is -1.14. The van der Waals surface area contributed by atoms with E-state index in [1.54, 1.807) is 7.11 Å². The molecule has 0 atom stereocenters. The molecule has 0 spiro atoms. The molecule has 0 aromatic heterocycles. The molecule has 0 aliphatic carbocycles. The second-order valence-electron chi connectivity index (χ2n) is 4.51. The summed E-state index contributed by atoms with van der Waals surface area (Å²) in [4.78, 5) is 0. The maximum absolute atomic E-state index is 13.8. The highest BCUT2D eigenvalue weighted by Gasteiger charge is 2.11. The van der Waals surface area contributed by atoms with Gasteiger partial charge in [-0.15, -0.1) is 0 Å². The minimum absolute atomic E-state index is 0.122. The fourth-order valence-corrected chi connectivity index (χ4v) is 3.42. The van der Waals surface area contributed by atoms with Crippen molar-refractivity contribution in [3.05, 3.63) is 56.0 Å². The van der Waals surface area contributed by atoms with E-state index < -0.39 is 11.6 Å². The van der Waals surface area contributed by atoms with Crippen LogP contribution in [0.2, 0.25) is 0 Å². The molecule has 0 bridgehead atoms. The lowest BCUT2D eigenvalue weighted by Crippen LogP contribution is -2.05. The lowest BCUT2D eigenvalue weighted by Gasteiger charge is -2.14. The number of ether oxygens (including phenoxy) is 1. The Morgan fingerprint density at radius 2 is 1.81 bits per heavy atom. The lowest BCUT2D eigenvalue weighted by molar-refractivity contribution is 0.407. The SMILES string of the molecule is COc1c(Br)cc(Br)cc1CNc1cc(F)c(C)cc1F. The molecule has 0 radical (unpaired) electrons. The largest absolute Gasteiger partial charge is 0.495 e. The van der Waals surface area contributed by atoms with Crippen LogP contribution in [-0.4, -0.2) is 7.11 Å². The van der Waals surface area contributed by atoms with Crippen LogP contribution in [0.5, 0.6) is 5.75 Å². The monoisotopic (exact) mass is 419 g/mol. The molecular weight excluding hydrogens is 408 g/mol. The molecule has 21 heavy (non-hydrogen) atoms. The Balaban J connectivity index is 2.26. The Bertz CT molecular complexity index is 677. The zero-order valence-electron chi connectivity index (χ0n) is 11.4. The van der Waals surface area contributed by atoms with Gasteiger partial charge in [0.25, 0.3) is 0 Å². The van der Waals surface area contributed by atoms with Gasteiger partial charge in [0.15, 0.2) is 0 Å². The van der Waals surface area contributed by atoms with E-state index in [2.05, 4.69) is 37.2 Å². The molecule has 112 valence electrons. The second-order valence-corrected chi connectivity index (χ2v) is 6.28. The third-order valence-electron chi connectivity index (χ3n) is 3.01. The highest BCUT2D eigenvalue weighted by atomic mass is 79.9. The Labute approximate surface area is 138 Å². The van der Waals surface area contributed by atoms with Crippen LogP contribution in [0, 0.1) is 18.6 Å². The quantitative estimate of drug-likeness (QED) is 0.713. The van der Waals surface area contributed by atoms with Crippen LogP contribution in [-0.2, 0) is 6.54 Å². The summed E-state index contributed by atoms with van der Waals surface area (Å²) in [6.45, 7) is 1.83. The summed E-state index contributed by atoms with van der Waals surface area (Å²) in [5, 5.41) is 2.89. The predicted molar refractivity (Wildman–Crippen MR) is 86.8 cm³/mol. The van der Waals surface area contributed by atoms with E-state index in [-0.39, 0.29) is 11.3 Å². The molecule has 0 amide bonds. The number of methoxy groups -OCH3 is 1. The van der Waals surface area contributed by atoms with Gasteiger partial charge in [-0.1, -0.05) is 15.9 Å². The van der Waals surface area contributed by atoms with Crippen molar-refractivity contribution in [3.63, 3.8) is 0 Å². The molecule has 2 aromatic carbocycles. The Kier molecular flexibility index (Phi) is 5.22. The van der Waals surface area contributed by atoms with Gasteiger partial charge in [0.2, 0.25) is 0 Å². The topological polar surface area (TPSA) is 21.3 Å². The van der Waals surface area contributed by atoms with Crippen LogP contribution < -0.4 is 10.1 Å². The molecule has 2 nitrogen and oxygen atoms in total. The molecule has 0 unspecified atom stereocenters. The normalized spacial score (nSPS) is 10.6. The first-order valence-corrected chi connectivity index (χ1v) is 7.72. The van der Waals surface area contributed by atoms with Crippen molar-refractivity contribution >= 4 is 37.5 Å². The summed E-state index contributed by atoms with van der Waals surface area (Å²) in [7, 11) is 1.56. The number of nitrogens with one attached hydrogen (secondary N) is 1. The van der Waals surface area contributed by atoms with E-state index in [4.69, 9.17) is 4.74 Å². The van der Waals surface area contributed by atoms with Gasteiger partial charge < -0.3 is 10.1 Å². The number of hydrogen-bond donors (Lipinski definition) is 1. The number of aryl methyl sites for hydroxylation is 1. The predicted octanol–water partition coefficient (Wildman–Crippen LogP) is 5.42. The maximum Gasteiger partial charge on any atom is 0.146 e. The molecule has 0 fully saturated rings. The fourth-order valence-electron chi connectivity index (χ4n) is 1.95. The highest BCUT2D eigenvalue weighted by molar-refractivity contribution is 9.11. The van der Waals surface area contributed by atoms with Crippen molar-refractivity contribution in [1.29, 1.82) is 0 Å². The molecule has 0 heterocycles. The van der Waals surface area contributed by atoms with Crippen molar-refractivity contribution in [2.24, 2.45) is 0 Å². The maximum atomic E-state index is 13.8. The summed E-state index contributed by atoms with van der Waals surface area (Å²) in [6.07, 6.45) is 0. The van der Waals surface area contributed by atoms with Crippen LogP contribution in [0.4, 0.5) is 14.5 Å². The van der Waals surface area contributed by atoms with Crippen molar-refractivity contribution in [1.82, 2.24) is 0 Å². The zero-order chi connectivity index (χ0) is 15.6. The summed E-state index contributed by atoms with van der Waals surface area (Å²) in [5.74, 6) is -0.276. The van der Waals surface area contributed by atoms with Crippen molar-refractivity contribution in [3.8, 4) is 5.75 Å². The van der Waals surface area contributed by atoms with Gasteiger partial charge in [-0.25, -0.2) is 8.78 Å². The summed E-state index contributed by atoms with van der Waals surface area (Å²) in [6, 6.07) is 6.05. The molecule has 0 aliphatic rings. The fraction of sp³-hybridized carbons (Fsp3) is 0.200. The van der Waals surface area contributed by atoms with Crippen LogP contribution >= 0.6 is 31.9 Å². The molecule has 2 rings (SSSR count). The molecule has 0 saturated carbocycles. The van der Waals surface area contributed by atoms with E-state index >= 15 is 0 Å². The van der Waals surface area contributed by atoms with Crippen LogP contribution in [0.3, 0.4) is 0 Å². The smallest absolute Gasteiger partial charge is 0.146 e. The van der Waals surface area contributed by atoms with E-state index in [0.29, 0.717) is 12.3 Å². The van der Waals surface area contributed by atoms with E-state index in [1.807, 2.05) is 12.1 Å². The second kappa shape index (κ2) is 6.75. The number of rotatable bonds is 4. The van der Waals surface area contributed by atoms with Crippen LogP contribution in [0.15, 0.2) is 33.2 Å². The van der Waals surface area contributed by atoms with E-state index in [1.165, 1.54) is 13.0 Å². The Morgan fingerprint density at radius 3 is 2.48 bits per heavy atom. The van der Waals surface area contributed by atoms with Gasteiger partial charge in [0.1, 0.15) is 17.4 Å². The van der Waals surface area contributed by atoms with Crippen LogP contribution in [0.1, 0.15) is 11.1 Å². The van der Waals surface area contributed by atoms with E-state index in [0.717, 1.165) is 20.6 Å².